The van der Waals surface area contributed by atoms with E-state index in [1.165, 1.54) is 0 Å². The van der Waals surface area contributed by atoms with Crippen LogP contribution in [0.5, 0.6) is 0 Å². The maximum absolute atomic E-state index is 13.8. The van der Waals surface area contributed by atoms with Gasteiger partial charge in [-0.3, -0.25) is 4.79 Å². The fourth-order valence-electron chi connectivity index (χ4n) is 8.35. The standard InChI is InChI=1S/C34H48O10/c1-8-25(38)42-34-18-40-24(34)16-23(37)33(7)28(34)22(41-30(39)20-12-10-9-11-13-20)17-31(3,4)26(19(2)21(36)14-15-35)27-29(33)44-32(5,6)43-27/h9-13,21-24,27-29,35-37H,8,14-18H2,1-7H3/b26-19-/t21-,22+,23-,24+,27+,28-,29+,33+,34-/m0/s1. The maximum Gasteiger partial charge on any atom is 0.338 e. The largest absolute Gasteiger partial charge is 0.458 e. The van der Waals surface area contributed by atoms with Crippen molar-refractivity contribution in [1.82, 2.24) is 0 Å². The Hall–Kier alpha value is -2.34. The molecule has 2 aliphatic carbocycles. The minimum absolute atomic E-state index is 0.0920. The van der Waals surface area contributed by atoms with Crippen molar-refractivity contribution < 1.29 is 48.6 Å². The van der Waals surface area contributed by atoms with Crippen molar-refractivity contribution in [1.29, 1.82) is 0 Å². The maximum atomic E-state index is 13.8. The molecule has 244 valence electrons. The third-order valence-corrected chi connectivity index (χ3v) is 10.4. The summed E-state index contributed by atoms with van der Waals surface area (Å²) in [6.45, 7) is 13.0. The molecule has 5 rings (SSSR count). The molecule has 2 aliphatic heterocycles. The number of rotatable bonds is 7. The van der Waals surface area contributed by atoms with Gasteiger partial charge in [-0.25, -0.2) is 4.79 Å². The molecule has 3 N–H and O–H groups in total. The lowest BCUT2D eigenvalue weighted by atomic mass is 9.48. The summed E-state index contributed by atoms with van der Waals surface area (Å²) in [6.07, 6.45) is -4.15. The highest BCUT2D eigenvalue weighted by Crippen LogP contribution is 2.63. The molecular formula is C34H48O10. The van der Waals surface area contributed by atoms with Crippen LogP contribution in [0.15, 0.2) is 41.5 Å². The molecule has 2 heterocycles. The molecule has 1 aromatic rings. The monoisotopic (exact) mass is 616 g/mol. The van der Waals surface area contributed by atoms with E-state index in [9.17, 15) is 24.9 Å². The quantitative estimate of drug-likeness (QED) is 0.307. The molecule has 44 heavy (non-hydrogen) atoms. The molecule has 0 aromatic heterocycles. The van der Waals surface area contributed by atoms with E-state index in [2.05, 4.69) is 0 Å². The first kappa shape index (κ1) is 33.0. The Kier molecular flexibility index (Phi) is 8.85. The van der Waals surface area contributed by atoms with Gasteiger partial charge in [0.05, 0.1) is 36.4 Å². The van der Waals surface area contributed by atoms with Crippen LogP contribution in [0.3, 0.4) is 0 Å². The summed E-state index contributed by atoms with van der Waals surface area (Å²) in [5, 5.41) is 32.9. The van der Waals surface area contributed by atoms with Crippen molar-refractivity contribution >= 4 is 11.9 Å². The first-order valence-electron chi connectivity index (χ1n) is 15.7. The molecule has 10 nitrogen and oxygen atoms in total. The smallest absolute Gasteiger partial charge is 0.338 e. The number of benzene rings is 1. The van der Waals surface area contributed by atoms with Gasteiger partial charge in [-0.1, -0.05) is 45.9 Å². The van der Waals surface area contributed by atoms with Crippen molar-refractivity contribution in [3.8, 4) is 0 Å². The van der Waals surface area contributed by atoms with Gasteiger partial charge in [0.1, 0.15) is 18.3 Å². The number of hydrogen-bond donors (Lipinski definition) is 3. The SMILES string of the molecule is CCC(=O)O[C@@]12CO[C@@H]1C[C@H](O)[C@@]1(C)[C@@H]3OC(C)(C)O[C@@H]3/C(=C(\C)[C@@H](O)CCO)C(C)(C)C[C@@H](OC(=O)c3ccccc3)[C@H]21. The summed E-state index contributed by atoms with van der Waals surface area (Å²) in [7, 11) is 0. The first-order chi connectivity index (χ1) is 20.6. The summed E-state index contributed by atoms with van der Waals surface area (Å²) in [5.41, 5.74) is -1.29. The Balaban J connectivity index is 1.75. The van der Waals surface area contributed by atoms with E-state index >= 15 is 0 Å². The molecule has 4 fully saturated rings. The molecule has 0 amide bonds. The van der Waals surface area contributed by atoms with E-state index in [4.69, 9.17) is 23.7 Å². The number of carbonyl (C=O) groups is 2. The lowest BCUT2D eigenvalue weighted by Gasteiger charge is -2.66. The van der Waals surface area contributed by atoms with E-state index in [1.807, 2.05) is 47.6 Å². The van der Waals surface area contributed by atoms with E-state index in [-0.39, 0.29) is 38.9 Å². The molecule has 0 unspecified atom stereocenters. The van der Waals surface area contributed by atoms with Gasteiger partial charge in [0.15, 0.2) is 11.4 Å². The Bertz CT molecular complexity index is 1270. The molecule has 0 bridgehead atoms. The Morgan fingerprint density at radius 1 is 1.09 bits per heavy atom. The van der Waals surface area contributed by atoms with Gasteiger partial charge in [0.25, 0.3) is 0 Å². The number of aliphatic hydroxyl groups is 3. The third-order valence-electron chi connectivity index (χ3n) is 10.4. The normalized spacial score (nSPS) is 38.9. The molecule has 2 saturated carbocycles. The molecular weight excluding hydrogens is 568 g/mol. The molecule has 0 spiro atoms. The highest BCUT2D eigenvalue weighted by molar-refractivity contribution is 5.89. The summed E-state index contributed by atoms with van der Waals surface area (Å²) in [6, 6.07) is 8.70. The van der Waals surface area contributed by atoms with Gasteiger partial charge in [0.2, 0.25) is 0 Å². The van der Waals surface area contributed by atoms with E-state index < -0.39 is 76.7 Å². The van der Waals surface area contributed by atoms with E-state index in [0.29, 0.717) is 11.1 Å². The lowest BCUT2D eigenvalue weighted by Crippen LogP contribution is -2.78. The number of fused-ring (bicyclic) bond motifs is 5. The Morgan fingerprint density at radius 2 is 1.77 bits per heavy atom. The van der Waals surface area contributed by atoms with Gasteiger partial charge in [-0.15, -0.1) is 0 Å². The van der Waals surface area contributed by atoms with Crippen LogP contribution in [0.25, 0.3) is 0 Å². The van der Waals surface area contributed by atoms with Crippen molar-refractivity contribution in [3.63, 3.8) is 0 Å². The van der Waals surface area contributed by atoms with Gasteiger partial charge >= 0.3 is 11.9 Å². The number of hydrogen-bond acceptors (Lipinski definition) is 10. The number of carbonyl (C=O) groups excluding carboxylic acids is 2. The highest BCUT2D eigenvalue weighted by Gasteiger charge is 2.75. The zero-order valence-corrected chi connectivity index (χ0v) is 26.9. The fourth-order valence-corrected chi connectivity index (χ4v) is 8.35. The fraction of sp³-hybridized carbons (Fsp3) is 0.706. The third kappa shape index (κ3) is 5.41. The average molecular weight is 617 g/mol. The topological polar surface area (TPSA) is 141 Å². The zero-order valence-electron chi connectivity index (χ0n) is 26.9. The Labute approximate surface area is 259 Å². The summed E-state index contributed by atoms with van der Waals surface area (Å²) in [5.74, 6) is -2.73. The van der Waals surface area contributed by atoms with Crippen LogP contribution in [0.4, 0.5) is 0 Å². The predicted octanol–water partition coefficient (Wildman–Crippen LogP) is 3.70. The van der Waals surface area contributed by atoms with Crippen LogP contribution in [0, 0.1) is 16.7 Å². The Morgan fingerprint density at radius 3 is 2.36 bits per heavy atom. The van der Waals surface area contributed by atoms with E-state index in [0.717, 1.165) is 5.57 Å². The van der Waals surface area contributed by atoms with Gasteiger partial charge < -0.3 is 39.0 Å². The first-order valence-corrected chi connectivity index (χ1v) is 15.7. The van der Waals surface area contributed by atoms with Crippen LogP contribution >= 0.6 is 0 Å². The molecule has 0 radical (unpaired) electrons. The molecule has 4 aliphatic rings. The molecule has 10 heteroatoms. The number of esters is 2. The molecule has 9 atom stereocenters. The minimum Gasteiger partial charge on any atom is -0.458 e. The molecule has 1 aromatic carbocycles. The second-order valence-electron chi connectivity index (χ2n) is 14.2. The van der Waals surface area contributed by atoms with Crippen molar-refractivity contribution in [2.75, 3.05) is 13.2 Å². The van der Waals surface area contributed by atoms with Crippen molar-refractivity contribution in [3.05, 3.63) is 47.0 Å². The predicted molar refractivity (Wildman–Crippen MR) is 159 cm³/mol. The van der Waals surface area contributed by atoms with Crippen molar-refractivity contribution in [2.45, 2.75) is 122 Å². The second kappa shape index (κ2) is 11.8. The number of ether oxygens (including phenoxy) is 5. The van der Waals surface area contributed by atoms with Crippen LogP contribution < -0.4 is 0 Å². The average Bonchev–Trinajstić information content (AvgIpc) is 3.28. The lowest BCUT2D eigenvalue weighted by molar-refractivity contribution is -0.349. The van der Waals surface area contributed by atoms with Gasteiger partial charge in [-0.05, 0) is 55.9 Å². The minimum atomic E-state index is -1.17. The zero-order chi connectivity index (χ0) is 32.2. The molecule has 2 saturated heterocycles. The van der Waals surface area contributed by atoms with Crippen LogP contribution in [0.2, 0.25) is 0 Å². The van der Waals surface area contributed by atoms with Crippen LogP contribution in [-0.4, -0.2) is 88.5 Å². The summed E-state index contributed by atoms with van der Waals surface area (Å²) < 4.78 is 32.0. The summed E-state index contributed by atoms with van der Waals surface area (Å²) >= 11 is 0. The highest BCUT2D eigenvalue weighted by atomic mass is 16.8. The van der Waals surface area contributed by atoms with E-state index in [1.54, 1.807) is 31.2 Å². The van der Waals surface area contributed by atoms with Crippen LogP contribution in [-0.2, 0) is 28.5 Å². The van der Waals surface area contributed by atoms with Gasteiger partial charge in [-0.2, -0.15) is 0 Å². The van der Waals surface area contributed by atoms with Crippen molar-refractivity contribution in [2.24, 2.45) is 16.7 Å². The number of aliphatic hydroxyl groups excluding tert-OH is 3. The second-order valence-corrected chi connectivity index (χ2v) is 14.2. The summed E-state index contributed by atoms with van der Waals surface area (Å²) in [4.78, 5) is 26.8. The van der Waals surface area contributed by atoms with Crippen LogP contribution in [0.1, 0.15) is 84.5 Å². The van der Waals surface area contributed by atoms with Gasteiger partial charge in [0, 0.05) is 31.3 Å².